The van der Waals surface area contributed by atoms with Crippen molar-refractivity contribution in [3.05, 3.63) is 0 Å². The first kappa shape index (κ1) is 16.4. The zero-order valence-electron chi connectivity index (χ0n) is 12.8. The van der Waals surface area contributed by atoms with E-state index in [1.54, 1.807) is 0 Å². The smallest absolute Gasteiger partial charge is 0.329 e. The maximum Gasteiger partial charge on any atom is 0.329 e. The topological polar surface area (TPSA) is 47.6 Å². The lowest BCUT2D eigenvalue weighted by molar-refractivity contribution is -0.156. The molecule has 4 nitrogen and oxygen atoms in total. The summed E-state index contributed by atoms with van der Waals surface area (Å²) in [7, 11) is 0. The van der Waals surface area contributed by atoms with E-state index in [0.29, 0.717) is 19.1 Å². The third kappa shape index (κ3) is 4.46. The van der Waals surface area contributed by atoms with E-state index in [1.807, 2.05) is 13.8 Å². The number of carbonyl (C=O) groups is 1. The van der Waals surface area contributed by atoms with Gasteiger partial charge in [-0.2, -0.15) is 0 Å². The molecule has 112 valence electrons. The van der Waals surface area contributed by atoms with Gasteiger partial charge in [-0.25, -0.2) is 4.79 Å². The van der Waals surface area contributed by atoms with Crippen molar-refractivity contribution < 1.29 is 14.3 Å². The molecule has 0 spiro atoms. The Morgan fingerprint density at radius 3 is 2.53 bits per heavy atom. The molecule has 1 saturated carbocycles. The molecule has 0 bridgehead atoms. The van der Waals surface area contributed by atoms with Gasteiger partial charge in [0.25, 0.3) is 0 Å². The minimum Gasteiger partial charge on any atom is -0.465 e. The summed E-state index contributed by atoms with van der Waals surface area (Å²) in [4.78, 5) is 12.3. The second kappa shape index (κ2) is 7.85. The van der Waals surface area contributed by atoms with E-state index in [4.69, 9.17) is 9.47 Å². The number of likely N-dealkylation sites (N-methyl/N-ethyl adjacent to an activating group) is 1. The molecule has 0 saturated heterocycles. The molecular weight excluding hydrogens is 242 g/mol. The highest BCUT2D eigenvalue weighted by Gasteiger charge is 2.52. The van der Waals surface area contributed by atoms with Crippen LogP contribution in [0.3, 0.4) is 0 Å². The average Bonchev–Trinajstić information content (AvgIpc) is 3.19. The summed E-state index contributed by atoms with van der Waals surface area (Å²) in [6.45, 7) is 9.67. The highest BCUT2D eigenvalue weighted by molar-refractivity contribution is 5.82. The van der Waals surface area contributed by atoms with E-state index < -0.39 is 5.54 Å². The number of hydrogen-bond donors (Lipinski definition) is 1. The van der Waals surface area contributed by atoms with E-state index in [2.05, 4.69) is 19.2 Å². The summed E-state index contributed by atoms with van der Waals surface area (Å²) < 4.78 is 11.2. The molecule has 0 aromatic carbocycles. The van der Waals surface area contributed by atoms with E-state index in [1.165, 1.54) is 0 Å². The maximum absolute atomic E-state index is 12.3. The Morgan fingerprint density at radius 1 is 1.37 bits per heavy atom. The second-order valence-corrected chi connectivity index (χ2v) is 5.41. The van der Waals surface area contributed by atoms with Gasteiger partial charge in [0.05, 0.1) is 19.3 Å². The molecule has 2 unspecified atom stereocenters. The van der Waals surface area contributed by atoms with Crippen molar-refractivity contribution in [2.75, 3.05) is 19.8 Å². The molecular formula is C15H29NO3. The van der Waals surface area contributed by atoms with Gasteiger partial charge < -0.3 is 9.47 Å². The quantitative estimate of drug-likeness (QED) is 0.620. The largest absolute Gasteiger partial charge is 0.465 e. The number of carbonyl (C=O) groups excluding carboxylic acids is 1. The van der Waals surface area contributed by atoms with Gasteiger partial charge in [-0.05, 0) is 45.6 Å². The molecule has 19 heavy (non-hydrogen) atoms. The third-order valence-corrected chi connectivity index (χ3v) is 3.70. The summed E-state index contributed by atoms with van der Waals surface area (Å²) in [6, 6.07) is 0. The van der Waals surface area contributed by atoms with Crippen LogP contribution in [0.2, 0.25) is 0 Å². The Bertz CT molecular complexity index is 279. The first-order valence-electron chi connectivity index (χ1n) is 7.64. The summed E-state index contributed by atoms with van der Waals surface area (Å²) in [5, 5.41) is 3.34. The van der Waals surface area contributed by atoms with Crippen molar-refractivity contribution >= 4 is 5.97 Å². The highest BCUT2D eigenvalue weighted by atomic mass is 16.5. The number of esters is 1. The van der Waals surface area contributed by atoms with Crippen LogP contribution in [0, 0.1) is 5.92 Å². The fourth-order valence-electron chi connectivity index (χ4n) is 2.53. The summed E-state index contributed by atoms with van der Waals surface area (Å²) in [5.74, 6) is 0.211. The van der Waals surface area contributed by atoms with E-state index in [-0.39, 0.29) is 12.1 Å². The van der Waals surface area contributed by atoms with Crippen molar-refractivity contribution in [2.45, 2.75) is 65.0 Å². The van der Waals surface area contributed by atoms with Gasteiger partial charge in [-0.1, -0.05) is 20.3 Å². The van der Waals surface area contributed by atoms with Gasteiger partial charge in [0.1, 0.15) is 5.54 Å². The molecule has 0 aliphatic heterocycles. The summed E-state index contributed by atoms with van der Waals surface area (Å²) >= 11 is 0. The SMILES string of the molecule is CCCC(C)OCC(NCC)(C(=O)OCC)C1CC1. The highest BCUT2D eigenvalue weighted by Crippen LogP contribution is 2.41. The minimum atomic E-state index is -0.632. The van der Waals surface area contributed by atoms with Crippen LogP contribution in [-0.2, 0) is 14.3 Å². The van der Waals surface area contributed by atoms with Crippen LogP contribution < -0.4 is 5.32 Å². The molecule has 0 aromatic heterocycles. The lowest BCUT2D eigenvalue weighted by Crippen LogP contribution is -2.58. The van der Waals surface area contributed by atoms with Crippen molar-refractivity contribution in [3.63, 3.8) is 0 Å². The molecule has 1 aliphatic rings. The second-order valence-electron chi connectivity index (χ2n) is 5.41. The summed E-state index contributed by atoms with van der Waals surface area (Å²) in [6.07, 6.45) is 4.47. The zero-order valence-corrected chi connectivity index (χ0v) is 12.8. The number of nitrogens with one attached hydrogen (secondary N) is 1. The number of ether oxygens (including phenoxy) is 2. The Morgan fingerprint density at radius 2 is 2.05 bits per heavy atom. The van der Waals surface area contributed by atoms with Crippen molar-refractivity contribution in [1.29, 1.82) is 0 Å². The monoisotopic (exact) mass is 271 g/mol. The van der Waals surface area contributed by atoms with E-state index >= 15 is 0 Å². The fraction of sp³-hybridized carbons (Fsp3) is 0.933. The van der Waals surface area contributed by atoms with Gasteiger partial charge in [0, 0.05) is 0 Å². The molecule has 1 fully saturated rings. The number of hydrogen-bond acceptors (Lipinski definition) is 4. The van der Waals surface area contributed by atoms with Crippen LogP contribution in [0.5, 0.6) is 0 Å². The third-order valence-electron chi connectivity index (χ3n) is 3.70. The van der Waals surface area contributed by atoms with Gasteiger partial charge in [-0.15, -0.1) is 0 Å². The Balaban J connectivity index is 2.69. The lowest BCUT2D eigenvalue weighted by Gasteiger charge is -2.33. The Hall–Kier alpha value is -0.610. The molecule has 0 radical (unpaired) electrons. The van der Waals surface area contributed by atoms with E-state index in [0.717, 1.165) is 32.2 Å². The predicted octanol–water partition coefficient (Wildman–Crippen LogP) is 2.51. The summed E-state index contributed by atoms with van der Waals surface area (Å²) in [5.41, 5.74) is -0.632. The predicted molar refractivity (Wildman–Crippen MR) is 76.1 cm³/mol. The van der Waals surface area contributed by atoms with Crippen LogP contribution >= 0.6 is 0 Å². The van der Waals surface area contributed by atoms with Crippen molar-refractivity contribution in [2.24, 2.45) is 5.92 Å². The number of rotatable bonds is 10. The van der Waals surface area contributed by atoms with Crippen LogP contribution in [-0.4, -0.2) is 37.4 Å². The Labute approximate surface area is 117 Å². The molecule has 1 N–H and O–H groups in total. The standard InChI is InChI=1S/C15H29NO3/c1-5-8-12(4)19-11-15(16-6-2,13-9-10-13)14(17)18-7-3/h12-13,16H,5-11H2,1-4H3. The Kier molecular flexibility index (Phi) is 6.80. The van der Waals surface area contributed by atoms with Gasteiger partial charge in [0.15, 0.2) is 0 Å². The fourth-order valence-corrected chi connectivity index (χ4v) is 2.53. The maximum atomic E-state index is 12.3. The van der Waals surface area contributed by atoms with Crippen LogP contribution in [0.4, 0.5) is 0 Å². The molecule has 0 aromatic rings. The first-order valence-corrected chi connectivity index (χ1v) is 7.64. The van der Waals surface area contributed by atoms with E-state index in [9.17, 15) is 4.79 Å². The first-order chi connectivity index (χ1) is 9.10. The minimum absolute atomic E-state index is 0.150. The van der Waals surface area contributed by atoms with Crippen LogP contribution in [0.25, 0.3) is 0 Å². The van der Waals surface area contributed by atoms with Gasteiger partial charge in [-0.3, -0.25) is 5.32 Å². The van der Waals surface area contributed by atoms with Crippen LogP contribution in [0.1, 0.15) is 53.4 Å². The molecule has 2 atom stereocenters. The molecule has 1 aliphatic carbocycles. The average molecular weight is 271 g/mol. The molecule has 0 heterocycles. The molecule has 4 heteroatoms. The van der Waals surface area contributed by atoms with Crippen molar-refractivity contribution in [1.82, 2.24) is 5.32 Å². The normalized spacial score (nSPS) is 19.8. The lowest BCUT2D eigenvalue weighted by atomic mass is 9.94. The van der Waals surface area contributed by atoms with Gasteiger partial charge in [0.2, 0.25) is 0 Å². The van der Waals surface area contributed by atoms with Crippen LogP contribution in [0.15, 0.2) is 0 Å². The zero-order chi connectivity index (χ0) is 14.3. The molecule has 0 amide bonds. The van der Waals surface area contributed by atoms with Gasteiger partial charge >= 0.3 is 5.97 Å². The molecule has 1 rings (SSSR count). The van der Waals surface area contributed by atoms with Crippen molar-refractivity contribution in [3.8, 4) is 0 Å².